The first-order valence-corrected chi connectivity index (χ1v) is 7.63. The maximum atomic E-state index is 11.7. The highest BCUT2D eigenvalue weighted by Gasteiger charge is 2.11. The van der Waals surface area contributed by atoms with E-state index < -0.39 is 10.8 Å². The van der Waals surface area contributed by atoms with E-state index in [2.05, 4.69) is 10.6 Å². The molecule has 1 aromatic rings. The molecule has 2 atom stereocenters. The molecular weight excluding hydrogens is 272 g/mol. The molecule has 0 radical (unpaired) electrons. The Balaban J connectivity index is 2.62. The van der Waals surface area contributed by atoms with Gasteiger partial charge in [0, 0.05) is 28.9 Å². The van der Waals surface area contributed by atoms with Crippen LogP contribution in [0.5, 0.6) is 0 Å². The lowest BCUT2D eigenvalue weighted by molar-refractivity contribution is 0.250. The van der Waals surface area contributed by atoms with E-state index in [4.69, 9.17) is 11.6 Å². The molecular formula is C12H17ClN2O2S. The van der Waals surface area contributed by atoms with Crippen molar-refractivity contribution < 1.29 is 9.00 Å². The molecule has 0 bridgehead atoms. The number of hydrogen-bond acceptors (Lipinski definition) is 2. The summed E-state index contributed by atoms with van der Waals surface area (Å²) >= 11 is 6.00. The average Bonchev–Trinajstić information content (AvgIpc) is 2.22. The SMILES string of the molecule is Cc1cccc(Cl)c1NC(=O)N[C@H](C)C[S@](C)=O. The van der Waals surface area contributed by atoms with E-state index in [-0.39, 0.29) is 12.1 Å². The van der Waals surface area contributed by atoms with E-state index in [0.29, 0.717) is 16.5 Å². The third-order valence-corrected chi connectivity index (χ3v) is 3.61. The first-order valence-electron chi connectivity index (χ1n) is 5.52. The van der Waals surface area contributed by atoms with Crippen molar-refractivity contribution >= 4 is 34.1 Å². The lowest BCUT2D eigenvalue weighted by Gasteiger charge is -2.15. The molecule has 0 heterocycles. The van der Waals surface area contributed by atoms with Crippen molar-refractivity contribution in [3.63, 3.8) is 0 Å². The molecule has 0 saturated carbocycles. The van der Waals surface area contributed by atoms with Crippen LogP contribution in [0.15, 0.2) is 18.2 Å². The quantitative estimate of drug-likeness (QED) is 0.894. The van der Waals surface area contributed by atoms with Gasteiger partial charge in [-0.15, -0.1) is 0 Å². The number of nitrogens with one attached hydrogen (secondary N) is 2. The molecule has 1 rings (SSSR count). The van der Waals surface area contributed by atoms with Crippen molar-refractivity contribution in [1.82, 2.24) is 5.32 Å². The molecule has 1 aromatic carbocycles. The Bertz CT molecular complexity index is 445. The molecule has 2 N–H and O–H groups in total. The lowest BCUT2D eigenvalue weighted by Crippen LogP contribution is -2.39. The van der Waals surface area contributed by atoms with Crippen molar-refractivity contribution in [1.29, 1.82) is 0 Å². The van der Waals surface area contributed by atoms with Crippen LogP contribution in [0.25, 0.3) is 0 Å². The van der Waals surface area contributed by atoms with Crippen molar-refractivity contribution in [2.45, 2.75) is 19.9 Å². The normalized spacial score (nSPS) is 13.8. The highest BCUT2D eigenvalue weighted by atomic mass is 35.5. The van der Waals surface area contributed by atoms with Gasteiger partial charge < -0.3 is 10.6 Å². The summed E-state index contributed by atoms with van der Waals surface area (Å²) in [5, 5.41) is 5.91. The van der Waals surface area contributed by atoms with Gasteiger partial charge in [0.05, 0.1) is 10.7 Å². The predicted molar refractivity (Wildman–Crippen MR) is 76.7 cm³/mol. The molecule has 0 aliphatic heterocycles. The zero-order valence-electron chi connectivity index (χ0n) is 10.6. The molecule has 0 aromatic heterocycles. The minimum Gasteiger partial charge on any atom is -0.334 e. The second-order valence-electron chi connectivity index (χ2n) is 4.17. The topological polar surface area (TPSA) is 58.2 Å². The van der Waals surface area contributed by atoms with Crippen molar-refractivity contribution in [2.75, 3.05) is 17.3 Å². The van der Waals surface area contributed by atoms with Crippen molar-refractivity contribution in [3.8, 4) is 0 Å². The van der Waals surface area contributed by atoms with Gasteiger partial charge in [-0.1, -0.05) is 23.7 Å². The number of para-hydroxylation sites is 1. The predicted octanol–water partition coefficient (Wildman–Crippen LogP) is 2.54. The number of halogens is 1. The molecule has 2 amide bonds. The minimum absolute atomic E-state index is 0.154. The van der Waals surface area contributed by atoms with Gasteiger partial charge in [-0.3, -0.25) is 4.21 Å². The van der Waals surface area contributed by atoms with E-state index >= 15 is 0 Å². The maximum Gasteiger partial charge on any atom is 0.319 e. The van der Waals surface area contributed by atoms with Gasteiger partial charge in [-0.05, 0) is 25.5 Å². The van der Waals surface area contributed by atoms with Crippen molar-refractivity contribution in [3.05, 3.63) is 28.8 Å². The second kappa shape index (κ2) is 6.75. The van der Waals surface area contributed by atoms with Crippen LogP contribution in [-0.4, -0.2) is 28.3 Å². The molecule has 0 spiro atoms. The van der Waals surface area contributed by atoms with Gasteiger partial charge in [-0.25, -0.2) is 4.79 Å². The van der Waals surface area contributed by atoms with Crippen LogP contribution in [0.1, 0.15) is 12.5 Å². The number of anilines is 1. The van der Waals surface area contributed by atoms with E-state index in [1.807, 2.05) is 19.1 Å². The summed E-state index contributed by atoms with van der Waals surface area (Å²) in [5.74, 6) is 0.426. The van der Waals surface area contributed by atoms with Crippen LogP contribution < -0.4 is 10.6 Å². The van der Waals surface area contributed by atoms with Crippen LogP contribution in [0.2, 0.25) is 5.02 Å². The molecule has 0 fully saturated rings. The molecule has 100 valence electrons. The fraction of sp³-hybridized carbons (Fsp3) is 0.417. The zero-order chi connectivity index (χ0) is 13.7. The molecule has 0 saturated heterocycles. The van der Waals surface area contributed by atoms with Gasteiger partial charge >= 0.3 is 6.03 Å². The molecule has 18 heavy (non-hydrogen) atoms. The monoisotopic (exact) mass is 288 g/mol. The summed E-state index contributed by atoms with van der Waals surface area (Å²) in [6.07, 6.45) is 1.61. The lowest BCUT2D eigenvalue weighted by atomic mass is 10.2. The number of aryl methyl sites for hydroxylation is 1. The number of amides is 2. The van der Waals surface area contributed by atoms with Gasteiger partial charge in [-0.2, -0.15) is 0 Å². The summed E-state index contributed by atoms with van der Waals surface area (Å²) in [7, 11) is -0.936. The van der Waals surface area contributed by atoms with Crippen LogP contribution in [0.3, 0.4) is 0 Å². The summed E-state index contributed by atoms with van der Waals surface area (Å²) in [4.78, 5) is 11.7. The zero-order valence-corrected chi connectivity index (χ0v) is 12.2. The number of urea groups is 1. The fourth-order valence-electron chi connectivity index (χ4n) is 1.56. The maximum absolute atomic E-state index is 11.7. The van der Waals surface area contributed by atoms with E-state index in [1.165, 1.54) is 0 Å². The molecule has 6 heteroatoms. The highest BCUT2D eigenvalue weighted by Crippen LogP contribution is 2.24. The summed E-state index contributed by atoms with van der Waals surface area (Å²) in [6, 6.07) is 4.91. The Hall–Kier alpha value is -1.07. The molecule has 0 aliphatic rings. The smallest absolute Gasteiger partial charge is 0.319 e. The van der Waals surface area contributed by atoms with Crippen LogP contribution in [0.4, 0.5) is 10.5 Å². The number of benzene rings is 1. The van der Waals surface area contributed by atoms with E-state index in [9.17, 15) is 9.00 Å². The first-order chi connectivity index (χ1) is 8.40. The minimum atomic E-state index is -0.936. The largest absolute Gasteiger partial charge is 0.334 e. The van der Waals surface area contributed by atoms with Crippen LogP contribution >= 0.6 is 11.6 Å². The summed E-state index contributed by atoms with van der Waals surface area (Å²) in [6.45, 7) is 3.67. The van der Waals surface area contributed by atoms with Gasteiger partial charge in [0.25, 0.3) is 0 Å². The van der Waals surface area contributed by atoms with Gasteiger partial charge in [0.1, 0.15) is 0 Å². The third kappa shape index (κ3) is 4.66. The summed E-state index contributed by atoms with van der Waals surface area (Å²) in [5.41, 5.74) is 1.49. The fourth-order valence-corrected chi connectivity index (χ4v) is 2.61. The standard InChI is InChI=1S/C12H17ClN2O2S/c1-8-5-4-6-10(13)11(8)15-12(16)14-9(2)7-18(3)17/h4-6,9H,7H2,1-3H3,(H2,14,15,16)/t9-,18+/m1/s1. The van der Waals surface area contributed by atoms with Gasteiger partial charge in [0.15, 0.2) is 0 Å². The Morgan fingerprint density at radius 3 is 2.72 bits per heavy atom. The number of hydrogen-bond donors (Lipinski definition) is 2. The highest BCUT2D eigenvalue weighted by molar-refractivity contribution is 7.84. The average molecular weight is 289 g/mol. The van der Waals surface area contributed by atoms with E-state index in [0.717, 1.165) is 5.56 Å². The number of carbonyl (C=O) groups excluding carboxylic acids is 1. The van der Waals surface area contributed by atoms with E-state index in [1.54, 1.807) is 19.2 Å². The van der Waals surface area contributed by atoms with Crippen molar-refractivity contribution in [2.24, 2.45) is 0 Å². The van der Waals surface area contributed by atoms with Crippen LogP contribution in [0, 0.1) is 6.92 Å². The first kappa shape index (κ1) is 15.0. The molecule has 4 nitrogen and oxygen atoms in total. The third-order valence-electron chi connectivity index (χ3n) is 2.32. The van der Waals surface area contributed by atoms with Crippen LogP contribution in [-0.2, 0) is 10.8 Å². The second-order valence-corrected chi connectivity index (χ2v) is 6.06. The Morgan fingerprint density at radius 2 is 2.17 bits per heavy atom. The Kier molecular flexibility index (Phi) is 5.62. The Morgan fingerprint density at radius 1 is 1.50 bits per heavy atom. The number of carbonyl (C=O) groups is 1. The van der Waals surface area contributed by atoms with Gasteiger partial charge in [0.2, 0.25) is 0 Å². The molecule has 0 unspecified atom stereocenters. The Labute approximate surface area is 115 Å². The number of rotatable bonds is 4. The summed E-state index contributed by atoms with van der Waals surface area (Å²) < 4.78 is 11.0. The molecule has 0 aliphatic carbocycles.